The van der Waals surface area contributed by atoms with Gasteiger partial charge in [0.2, 0.25) is 0 Å². The van der Waals surface area contributed by atoms with Crippen LogP contribution in [0.25, 0.3) is 11.1 Å². The third-order valence-corrected chi connectivity index (χ3v) is 3.33. The van der Waals surface area contributed by atoms with Gasteiger partial charge in [-0.05, 0) is 34.7 Å². The van der Waals surface area contributed by atoms with Crippen LogP contribution in [-0.2, 0) is 4.79 Å². The summed E-state index contributed by atoms with van der Waals surface area (Å²) in [5.74, 6) is -0.780. The van der Waals surface area contributed by atoms with Gasteiger partial charge in [0.05, 0.1) is 6.42 Å². The summed E-state index contributed by atoms with van der Waals surface area (Å²) in [5.41, 5.74) is 3.12. The molecule has 0 heterocycles. The lowest BCUT2D eigenvalue weighted by atomic mass is 9.94. The molecule has 2 aromatic carbocycles. The van der Waals surface area contributed by atoms with Gasteiger partial charge in [0.1, 0.15) is 0 Å². The molecule has 0 aliphatic rings. The highest BCUT2D eigenvalue weighted by atomic mass is 35.5. The maximum atomic E-state index is 10.8. The van der Waals surface area contributed by atoms with Crippen molar-refractivity contribution in [2.24, 2.45) is 0 Å². The zero-order chi connectivity index (χ0) is 13.8. The lowest BCUT2D eigenvalue weighted by Crippen LogP contribution is -2.02. The van der Waals surface area contributed by atoms with Gasteiger partial charge in [-0.3, -0.25) is 4.79 Å². The molecule has 1 unspecified atom stereocenters. The molecule has 0 aliphatic carbocycles. The number of hydrogen-bond donors (Lipinski definition) is 1. The van der Waals surface area contributed by atoms with E-state index in [1.807, 2.05) is 55.5 Å². The van der Waals surface area contributed by atoms with Crippen molar-refractivity contribution in [3.05, 3.63) is 59.1 Å². The van der Waals surface area contributed by atoms with E-state index in [1.165, 1.54) is 0 Å². The van der Waals surface area contributed by atoms with Gasteiger partial charge in [0.25, 0.3) is 0 Å². The molecule has 2 nitrogen and oxygen atoms in total. The largest absolute Gasteiger partial charge is 0.481 e. The fourth-order valence-corrected chi connectivity index (χ4v) is 2.26. The van der Waals surface area contributed by atoms with Crippen molar-refractivity contribution >= 4 is 17.6 Å². The molecule has 0 radical (unpaired) electrons. The maximum Gasteiger partial charge on any atom is 0.303 e. The number of aliphatic carboxylic acids is 1. The Labute approximate surface area is 117 Å². The molecule has 2 aromatic rings. The molecule has 0 saturated carbocycles. The molecular formula is C16H15ClO2. The van der Waals surface area contributed by atoms with E-state index >= 15 is 0 Å². The van der Waals surface area contributed by atoms with Gasteiger partial charge in [0.15, 0.2) is 0 Å². The maximum absolute atomic E-state index is 10.8. The minimum Gasteiger partial charge on any atom is -0.481 e. The predicted octanol–water partition coefficient (Wildman–Crippen LogP) is 4.59. The lowest BCUT2D eigenvalue weighted by Gasteiger charge is -2.11. The molecule has 0 fully saturated rings. The van der Waals surface area contributed by atoms with Gasteiger partial charge in [-0.15, -0.1) is 0 Å². The van der Waals surface area contributed by atoms with E-state index in [2.05, 4.69) is 0 Å². The molecule has 19 heavy (non-hydrogen) atoms. The van der Waals surface area contributed by atoms with Crippen LogP contribution < -0.4 is 0 Å². The first-order valence-corrected chi connectivity index (χ1v) is 6.52. The van der Waals surface area contributed by atoms with E-state index < -0.39 is 5.97 Å². The molecule has 0 aliphatic heterocycles. The quantitative estimate of drug-likeness (QED) is 0.886. The minimum atomic E-state index is -0.777. The first-order chi connectivity index (χ1) is 9.06. The second kappa shape index (κ2) is 5.89. The Kier molecular flexibility index (Phi) is 4.23. The predicted molar refractivity (Wildman–Crippen MR) is 77.6 cm³/mol. The van der Waals surface area contributed by atoms with E-state index in [9.17, 15) is 4.79 Å². The van der Waals surface area contributed by atoms with Crippen LogP contribution in [0.5, 0.6) is 0 Å². The topological polar surface area (TPSA) is 37.3 Å². The SMILES string of the molecule is CC(CC(=O)O)c1cccc(-c2cccc(Cl)c2)c1. The number of rotatable bonds is 4. The van der Waals surface area contributed by atoms with Crippen LogP contribution >= 0.6 is 11.6 Å². The number of benzene rings is 2. The first-order valence-electron chi connectivity index (χ1n) is 6.14. The highest BCUT2D eigenvalue weighted by Gasteiger charge is 2.10. The Morgan fingerprint density at radius 3 is 2.42 bits per heavy atom. The zero-order valence-electron chi connectivity index (χ0n) is 10.6. The lowest BCUT2D eigenvalue weighted by molar-refractivity contribution is -0.137. The number of carboxylic acids is 1. The molecule has 98 valence electrons. The summed E-state index contributed by atoms with van der Waals surface area (Å²) in [6.45, 7) is 1.92. The fourth-order valence-electron chi connectivity index (χ4n) is 2.07. The average molecular weight is 275 g/mol. The van der Waals surface area contributed by atoms with Crippen LogP contribution in [0.4, 0.5) is 0 Å². The van der Waals surface area contributed by atoms with Gasteiger partial charge in [-0.2, -0.15) is 0 Å². The molecule has 1 N–H and O–H groups in total. The van der Waals surface area contributed by atoms with Gasteiger partial charge in [-0.1, -0.05) is 54.9 Å². The van der Waals surface area contributed by atoms with Gasteiger partial charge in [0, 0.05) is 5.02 Å². The van der Waals surface area contributed by atoms with Crippen molar-refractivity contribution in [3.8, 4) is 11.1 Å². The summed E-state index contributed by atoms with van der Waals surface area (Å²) in [5, 5.41) is 9.55. The standard InChI is InChI=1S/C16H15ClO2/c1-11(8-16(18)19)12-4-2-5-13(9-12)14-6-3-7-15(17)10-14/h2-7,9-11H,8H2,1H3,(H,18,19). The van der Waals surface area contributed by atoms with E-state index in [1.54, 1.807) is 0 Å². The second-order valence-electron chi connectivity index (χ2n) is 4.63. The Balaban J connectivity index is 2.31. The number of carbonyl (C=O) groups is 1. The Bertz CT molecular complexity index is 593. The first kappa shape index (κ1) is 13.6. The second-order valence-corrected chi connectivity index (χ2v) is 5.07. The van der Waals surface area contributed by atoms with Crippen molar-refractivity contribution in [1.82, 2.24) is 0 Å². The van der Waals surface area contributed by atoms with Gasteiger partial charge in [-0.25, -0.2) is 0 Å². The van der Waals surface area contributed by atoms with E-state index in [-0.39, 0.29) is 12.3 Å². The molecule has 1 atom stereocenters. The van der Waals surface area contributed by atoms with Crippen molar-refractivity contribution in [1.29, 1.82) is 0 Å². The van der Waals surface area contributed by atoms with E-state index in [4.69, 9.17) is 16.7 Å². The van der Waals surface area contributed by atoms with Crippen LogP contribution in [-0.4, -0.2) is 11.1 Å². The Morgan fingerprint density at radius 1 is 1.16 bits per heavy atom. The van der Waals surface area contributed by atoms with Crippen LogP contribution in [0.1, 0.15) is 24.8 Å². The summed E-state index contributed by atoms with van der Waals surface area (Å²) in [6, 6.07) is 15.6. The summed E-state index contributed by atoms with van der Waals surface area (Å²) >= 11 is 5.99. The van der Waals surface area contributed by atoms with Crippen molar-refractivity contribution in [2.45, 2.75) is 19.3 Å². The van der Waals surface area contributed by atoms with Crippen LogP contribution in [0.15, 0.2) is 48.5 Å². The third kappa shape index (κ3) is 3.58. The van der Waals surface area contributed by atoms with Crippen LogP contribution in [0, 0.1) is 0 Å². The molecule has 0 bridgehead atoms. The summed E-state index contributed by atoms with van der Waals surface area (Å²) in [4.78, 5) is 10.8. The molecular weight excluding hydrogens is 260 g/mol. The van der Waals surface area contributed by atoms with E-state index in [0.717, 1.165) is 16.7 Å². The summed E-state index contributed by atoms with van der Waals surface area (Å²) in [7, 11) is 0. The Hall–Kier alpha value is -1.80. The smallest absolute Gasteiger partial charge is 0.303 e. The summed E-state index contributed by atoms with van der Waals surface area (Å²) < 4.78 is 0. The van der Waals surface area contributed by atoms with E-state index in [0.29, 0.717) is 5.02 Å². The van der Waals surface area contributed by atoms with Crippen molar-refractivity contribution in [2.75, 3.05) is 0 Å². The zero-order valence-corrected chi connectivity index (χ0v) is 11.4. The number of carboxylic acid groups (broad SMARTS) is 1. The number of hydrogen-bond acceptors (Lipinski definition) is 1. The molecule has 3 heteroatoms. The normalized spacial score (nSPS) is 12.1. The van der Waals surface area contributed by atoms with Crippen LogP contribution in [0.2, 0.25) is 5.02 Å². The monoisotopic (exact) mass is 274 g/mol. The molecule has 0 aromatic heterocycles. The van der Waals surface area contributed by atoms with Crippen molar-refractivity contribution < 1.29 is 9.90 Å². The minimum absolute atomic E-state index is 0.00312. The van der Waals surface area contributed by atoms with Gasteiger partial charge < -0.3 is 5.11 Å². The highest BCUT2D eigenvalue weighted by Crippen LogP contribution is 2.27. The van der Waals surface area contributed by atoms with Gasteiger partial charge >= 0.3 is 5.97 Å². The molecule has 0 amide bonds. The fraction of sp³-hybridized carbons (Fsp3) is 0.188. The Morgan fingerprint density at radius 2 is 1.79 bits per heavy atom. The van der Waals surface area contributed by atoms with Crippen molar-refractivity contribution in [3.63, 3.8) is 0 Å². The highest BCUT2D eigenvalue weighted by molar-refractivity contribution is 6.30. The molecule has 2 rings (SSSR count). The average Bonchev–Trinajstić information content (AvgIpc) is 2.38. The molecule has 0 saturated heterocycles. The number of halogens is 1. The molecule has 0 spiro atoms. The van der Waals surface area contributed by atoms with Crippen LogP contribution in [0.3, 0.4) is 0 Å². The summed E-state index contributed by atoms with van der Waals surface area (Å²) in [6.07, 6.45) is 0.138. The third-order valence-electron chi connectivity index (χ3n) is 3.09.